The zero-order valence-corrected chi connectivity index (χ0v) is 39.9. The van der Waals surface area contributed by atoms with E-state index in [0.29, 0.717) is 55.7 Å². The maximum atomic E-state index is 16.2. The van der Waals surface area contributed by atoms with Crippen LogP contribution in [0.4, 0.5) is 30.2 Å². The van der Waals surface area contributed by atoms with Crippen molar-refractivity contribution in [2.45, 2.75) is 6.18 Å². The lowest BCUT2D eigenvalue weighted by atomic mass is 9.96. The maximum Gasteiger partial charge on any atom is 0.416 e. The smallest absolute Gasteiger partial charge is 0.308 e. The van der Waals surface area contributed by atoms with E-state index in [9.17, 15) is 10.5 Å². The highest BCUT2D eigenvalue weighted by atomic mass is 19.4. The molecule has 0 spiro atoms. The number of nitrogens with zero attached hydrogens (tertiary/aromatic N) is 7. The monoisotopic (exact) mass is 981 g/mol. The standard InChI is InChI=1S/C66H34F3N7/c1-72-52-16-6-13-44(29-52)48-21-25-57-55-23-19-46(42-11-4-9-40(27-42)38-70)32-59(55)75(61(57)34-48)63-36-51(66(67,68)69)37-64(65(63)50-15-8-18-54(31-50)74-3)76-60-33-47(43-12-5-10-41(28-43)39-71)20-24-56(60)58-26-22-49(35-62(58)76)45-14-7-17-53(30-45)73-2/h4-37H. The molecular weight excluding hydrogens is 948 g/mol. The van der Waals surface area contributed by atoms with E-state index in [1.807, 2.05) is 112 Å². The van der Waals surface area contributed by atoms with Gasteiger partial charge in [-0.1, -0.05) is 127 Å². The molecule has 0 atom stereocenters. The number of hydrogen-bond donors (Lipinski definition) is 0. The summed E-state index contributed by atoms with van der Waals surface area (Å²) in [5.74, 6) is 0. The molecule has 0 aliphatic heterocycles. The minimum Gasteiger partial charge on any atom is -0.308 e. The number of hydrogen-bond acceptors (Lipinski definition) is 2. The van der Waals surface area contributed by atoms with Crippen LogP contribution in [0.15, 0.2) is 206 Å². The summed E-state index contributed by atoms with van der Waals surface area (Å²) in [5.41, 5.74) is 10.6. The SMILES string of the molecule is [C-]#[N+]c1cccc(-c2ccc3c4ccc(-c5cccc(C#N)c5)cc4n(-c4cc(C(F)(F)F)cc(-n5c6cc(-c7cccc(C#N)c7)ccc6c6ccc(-c7cccc([N+]#[C-])c7)cc65)c4-c4cccc([N+]#[C-])c4)c3c2)c1. The predicted molar refractivity (Wildman–Crippen MR) is 296 cm³/mol. The van der Waals surface area contributed by atoms with Gasteiger partial charge >= 0.3 is 6.18 Å². The lowest BCUT2D eigenvalue weighted by Crippen LogP contribution is -2.11. The highest BCUT2D eigenvalue weighted by molar-refractivity contribution is 6.14. The van der Waals surface area contributed by atoms with Crippen LogP contribution in [-0.4, -0.2) is 9.13 Å². The average molecular weight is 982 g/mol. The summed E-state index contributed by atoms with van der Waals surface area (Å²) in [6.45, 7) is 23.7. The molecule has 12 aromatic rings. The van der Waals surface area contributed by atoms with Crippen LogP contribution < -0.4 is 0 Å². The quantitative estimate of drug-likeness (QED) is 0.149. The highest BCUT2D eigenvalue weighted by Crippen LogP contribution is 2.48. The third-order valence-corrected chi connectivity index (χ3v) is 14.0. The molecule has 10 aromatic carbocycles. The summed E-state index contributed by atoms with van der Waals surface area (Å²) >= 11 is 0. The molecule has 0 saturated heterocycles. The molecular formula is C66H34F3N7. The number of halogens is 3. The predicted octanol–water partition coefficient (Wildman–Crippen LogP) is 18.6. The van der Waals surface area contributed by atoms with Crippen molar-refractivity contribution in [3.63, 3.8) is 0 Å². The molecule has 2 heterocycles. The van der Waals surface area contributed by atoms with Gasteiger partial charge in [-0.05, 0) is 129 Å². The second-order valence-corrected chi connectivity index (χ2v) is 18.4. The Labute approximate surface area is 434 Å². The highest BCUT2D eigenvalue weighted by Gasteiger charge is 2.35. The Balaban J connectivity index is 1.27. The number of benzene rings is 10. The van der Waals surface area contributed by atoms with Gasteiger partial charge in [-0.2, -0.15) is 23.7 Å². The Hall–Kier alpha value is -11.0. The molecule has 0 fully saturated rings. The molecule has 0 N–H and O–H groups in total. The van der Waals surface area contributed by atoms with E-state index in [2.05, 4.69) is 26.7 Å². The van der Waals surface area contributed by atoms with Crippen molar-refractivity contribution in [1.82, 2.24) is 9.13 Å². The number of alkyl halides is 3. The van der Waals surface area contributed by atoms with Crippen LogP contribution >= 0.6 is 0 Å². The van der Waals surface area contributed by atoms with Gasteiger partial charge in [-0.3, -0.25) is 0 Å². The first-order chi connectivity index (χ1) is 37.0. The summed E-state index contributed by atoms with van der Waals surface area (Å²) in [5, 5.41) is 22.8. The summed E-state index contributed by atoms with van der Waals surface area (Å²) in [6.07, 6.45) is -4.87. The van der Waals surface area contributed by atoms with Gasteiger partial charge in [-0.25, -0.2) is 14.5 Å². The first-order valence-electron chi connectivity index (χ1n) is 23.9. The van der Waals surface area contributed by atoms with Crippen molar-refractivity contribution >= 4 is 60.7 Å². The minimum atomic E-state index is -4.87. The van der Waals surface area contributed by atoms with Gasteiger partial charge in [0.25, 0.3) is 0 Å². The van der Waals surface area contributed by atoms with Crippen LogP contribution in [0, 0.1) is 42.4 Å². The van der Waals surface area contributed by atoms with Gasteiger partial charge in [0.1, 0.15) is 0 Å². The zero-order valence-electron chi connectivity index (χ0n) is 39.9. The van der Waals surface area contributed by atoms with Gasteiger partial charge in [0.05, 0.1) is 82.0 Å². The van der Waals surface area contributed by atoms with E-state index in [-0.39, 0.29) is 17.1 Å². The lowest BCUT2D eigenvalue weighted by molar-refractivity contribution is -0.137. The van der Waals surface area contributed by atoms with Gasteiger partial charge in [0.15, 0.2) is 17.1 Å². The van der Waals surface area contributed by atoms with E-state index >= 15 is 13.2 Å². The van der Waals surface area contributed by atoms with Gasteiger partial charge < -0.3 is 9.13 Å². The largest absolute Gasteiger partial charge is 0.416 e. The van der Waals surface area contributed by atoms with Gasteiger partial charge in [-0.15, -0.1) is 0 Å². The molecule has 10 heteroatoms. The number of rotatable bonds is 7. The maximum absolute atomic E-state index is 16.2. The summed E-state index contributed by atoms with van der Waals surface area (Å²) in [4.78, 5) is 11.1. The molecule has 2 aromatic heterocycles. The molecule has 7 nitrogen and oxygen atoms in total. The van der Waals surface area contributed by atoms with Crippen molar-refractivity contribution in [2.24, 2.45) is 0 Å². The molecule has 0 amide bonds. The fraction of sp³-hybridized carbons (Fsp3) is 0.0152. The second kappa shape index (κ2) is 18.3. The fourth-order valence-corrected chi connectivity index (χ4v) is 10.5. The number of nitriles is 2. The van der Waals surface area contributed by atoms with Gasteiger partial charge in [0, 0.05) is 27.1 Å². The van der Waals surface area contributed by atoms with Crippen molar-refractivity contribution in [2.75, 3.05) is 0 Å². The van der Waals surface area contributed by atoms with Crippen molar-refractivity contribution in [1.29, 1.82) is 10.5 Å². The topological polar surface area (TPSA) is 70.5 Å². The molecule has 0 aliphatic carbocycles. The van der Waals surface area contributed by atoms with E-state index in [0.717, 1.165) is 66.1 Å². The van der Waals surface area contributed by atoms with Crippen molar-refractivity contribution in [3.8, 4) is 79.1 Å². The number of fused-ring (bicyclic) bond motifs is 6. The van der Waals surface area contributed by atoms with E-state index in [1.54, 1.807) is 91.0 Å². The minimum absolute atomic E-state index is 0.177. The Morgan fingerprint density at radius 2 is 0.658 bits per heavy atom. The third kappa shape index (κ3) is 7.92. The van der Waals surface area contributed by atoms with E-state index in [1.165, 1.54) is 12.1 Å². The van der Waals surface area contributed by atoms with Crippen molar-refractivity contribution < 1.29 is 13.2 Å². The summed E-state index contributed by atoms with van der Waals surface area (Å²) in [6, 6.07) is 65.8. The Morgan fingerprint density at radius 1 is 0.355 bits per heavy atom. The van der Waals surface area contributed by atoms with Crippen LogP contribution in [0.25, 0.3) is 125 Å². The zero-order chi connectivity index (χ0) is 52.2. The third-order valence-electron chi connectivity index (χ3n) is 14.0. The Bertz CT molecular complexity index is 4170. The molecule has 0 saturated carbocycles. The Kier molecular flexibility index (Phi) is 11.1. The van der Waals surface area contributed by atoms with Crippen LogP contribution in [0.1, 0.15) is 16.7 Å². The number of aromatic nitrogens is 2. The molecule has 12 rings (SSSR count). The average Bonchev–Trinajstić information content (AvgIpc) is 4.04. The summed E-state index contributed by atoms with van der Waals surface area (Å²) in [7, 11) is 0. The first kappa shape index (κ1) is 46.1. The normalized spacial score (nSPS) is 11.3. The van der Waals surface area contributed by atoms with E-state index in [4.69, 9.17) is 19.7 Å². The van der Waals surface area contributed by atoms with Crippen LogP contribution in [0.3, 0.4) is 0 Å². The van der Waals surface area contributed by atoms with Crippen LogP contribution in [0.5, 0.6) is 0 Å². The molecule has 76 heavy (non-hydrogen) atoms. The molecule has 0 aliphatic rings. The summed E-state index contributed by atoms with van der Waals surface area (Å²) < 4.78 is 52.4. The van der Waals surface area contributed by atoms with Crippen LogP contribution in [-0.2, 0) is 6.18 Å². The second-order valence-electron chi connectivity index (χ2n) is 18.4. The fourth-order valence-electron chi connectivity index (χ4n) is 10.5. The Morgan fingerprint density at radius 3 is 0.987 bits per heavy atom. The van der Waals surface area contributed by atoms with Crippen molar-refractivity contribution in [3.05, 3.63) is 257 Å². The first-order valence-corrected chi connectivity index (χ1v) is 23.9. The molecule has 0 unspecified atom stereocenters. The molecule has 0 bridgehead atoms. The van der Waals surface area contributed by atoms with Gasteiger partial charge in [0.2, 0.25) is 0 Å². The van der Waals surface area contributed by atoms with Crippen LogP contribution in [0.2, 0.25) is 0 Å². The molecule has 0 radical (unpaired) electrons. The molecule has 354 valence electrons. The lowest BCUT2D eigenvalue weighted by Gasteiger charge is -2.23. The van der Waals surface area contributed by atoms with E-state index < -0.39 is 11.7 Å².